The van der Waals surface area contributed by atoms with Gasteiger partial charge in [0.05, 0.1) is 17.3 Å². The number of sulfonamides is 1. The number of nitrogens with zero attached hydrogens (tertiary/aromatic N) is 2. The number of ether oxygens (including phenoxy) is 1. The molecule has 8 heteroatoms. The zero-order chi connectivity index (χ0) is 20.9. The summed E-state index contributed by atoms with van der Waals surface area (Å²) in [6.07, 6.45) is 1.03. The van der Waals surface area contributed by atoms with Crippen molar-refractivity contribution in [3.8, 4) is 5.75 Å². The smallest absolute Gasteiger partial charge is 0.222 e. The lowest BCUT2D eigenvalue weighted by molar-refractivity contribution is -0.132. The highest BCUT2D eigenvalue weighted by molar-refractivity contribution is 9.10. The first-order valence-electron chi connectivity index (χ1n) is 9.51. The average Bonchev–Trinajstić information content (AvgIpc) is 2.72. The maximum atomic E-state index is 12.6. The van der Waals surface area contributed by atoms with E-state index in [1.807, 2.05) is 48.5 Å². The van der Waals surface area contributed by atoms with Crippen LogP contribution in [-0.4, -0.2) is 56.8 Å². The minimum atomic E-state index is -3.37. The molecule has 0 aliphatic carbocycles. The van der Waals surface area contributed by atoms with Gasteiger partial charge in [0.1, 0.15) is 5.75 Å². The lowest BCUT2D eigenvalue weighted by Crippen LogP contribution is -2.50. The normalized spacial score (nSPS) is 15.3. The van der Waals surface area contributed by atoms with Crippen molar-refractivity contribution < 1.29 is 17.9 Å². The van der Waals surface area contributed by atoms with Gasteiger partial charge in [-0.3, -0.25) is 4.79 Å². The summed E-state index contributed by atoms with van der Waals surface area (Å²) >= 11 is 3.46. The number of halogens is 1. The molecule has 0 saturated carbocycles. The summed E-state index contributed by atoms with van der Waals surface area (Å²) in [6.45, 7) is 1.54. The zero-order valence-corrected chi connectivity index (χ0v) is 18.8. The minimum absolute atomic E-state index is 0.00582. The van der Waals surface area contributed by atoms with Crippen LogP contribution in [-0.2, 0) is 27.0 Å². The fourth-order valence-corrected chi connectivity index (χ4v) is 5.47. The van der Waals surface area contributed by atoms with E-state index < -0.39 is 10.0 Å². The van der Waals surface area contributed by atoms with E-state index in [4.69, 9.17) is 4.74 Å². The van der Waals surface area contributed by atoms with E-state index in [0.717, 1.165) is 21.3 Å². The van der Waals surface area contributed by atoms with Gasteiger partial charge < -0.3 is 9.64 Å². The Morgan fingerprint density at radius 3 is 2.34 bits per heavy atom. The van der Waals surface area contributed by atoms with E-state index in [1.54, 1.807) is 12.0 Å². The van der Waals surface area contributed by atoms with Crippen molar-refractivity contribution in [3.63, 3.8) is 0 Å². The second-order valence-corrected chi connectivity index (χ2v) is 9.81. The summed E-state index contributed by atoms with van der Waals surface area (Å²) in [6, 6.07) is 15.0. The number of methoxy groups -OCH3 is 1. The molecule has 0 radical (unpaired) electrons. The zero-order valence-electron chi connectivity index (χ0n) is 16.4. The first-order chi connectivity index (χ1) is 13.9. The predicted octanol–water partition coefficient (Wildman–Crippen LogP) is 3.06. The standard InChI is InChI=1S/C21H25BrN2O4S/c1-28-20-9-7-17(15-19(20)22)8-10-21(25)23-11-13-24(14-12-23)29(26,27)16-18-5-3-2-4-6-18/h2-7,9,15H,8,10-14,16H2,1H3. The molecule has 1 aliphatic rings. The molecule has 0 bridgehead atoms. The molecule has 29 heavy (non-hydrogen) atoms. The molecular weight excluding hydrogens is 456 g/mol. The van der Waals surface area contributed by atoms with Crippen molar-refractivity contribution in [2.45, 2.75) is 18.6 Å². The monoisotopic (exact) mass is 480 g/mol. The van der Waals surface area contributed by atoms with E-state index in [9.17, 15) is 13.2 Å². The summed E-state index contributed by atoms with van der Waals surface area (Å²) in [7, 11) is -1.76. The van der Waals surface area contributed by atoms with Crippen LogP contribution in [0, 0.1) is 0 Å². The van der Waals surface area contributed by atoms with Crippen molar-refractivity contribution in [3.05, 3.63) is 64.1 Å². The van der Waals surface area contributed by atoms with E-state index >= 15 is 0 Å². The molecule has 0 N–H and O–H groups in total. The molecule has 156 valence electrons. The molecule has 1 saturated heterocycles. The molecule has 1 fully saturated rings. The van der Waals surface area contributed by atoms with E-state index in [1.165, 1.54) is 4.31 Å². The molecule has 0 aromatic heterocycles. The van der Waals surface area contributed by atoms with Crippen LogP contribution in [0.15, 0.2) is 53.0 Å². The first-order valence-corrected chi connectivity index (χ1v) is 11.9. The number of amides is 1. The Labute approximate surface area is 180 Å². The summed E-state index contributed by atoms with van der Waals surface area (Å²) in [5, 5.41) is 0. The Kier molecular flexibility index (Phi) is 7.32. The number of carbonyl (C=O) groups is 1. The van der Waals surface area contributed by atoms with Crippen LogP contribution in [0.4, 0.5) is 0 Å². The number of carbonyl (C=O) groups excluding carboxylic acids is 1. The van der Waals surface area contributed by atoms with Crippen LogP contribution in [0.3, 0.4) is 0 Å². The number of piperazine rings is 1. The van der Waals surface area contributed by atoms with Crippen LogP contribution in [0.5, 0.6) is 5.75 Å². The van der Waals surface area contributed by atoms with Crippen LogP contribution in [0.25, 0.3) is 0 Å². The molecule has 2 aromatic rings. The highest BCUT2D eigenvalue weighted by Gasteiger charge is 2.28. The van der Waals surface area contributed by atoms with Crippen LogP contribution >= 0.6 is 15.9 Å². The number of aryl methyl sites for hydroxylation is 1. The Morgan fingerprint density at radius 2 is 1.72 bits per heavy atom. The van der Waals surface area contributed by atoms with Gasteiger partial charge in [0.2, 0.25) is 15.9 Å². The van der Waals surface area contributed by atoms with Gasteiger partial charge in [0.25, 0.3) is 0 Å². The second kappa shape index (κ2) is 9.73. The molecule has 0 atom stereocenters. The van der Waals surface area contributed by atoms with Gasteiger partial charge in [-0.05, 0) is 45.6 Å². The molecule has 1 amide bonds. The van der Waals surface area contributed by atoms with Gasteiger partial charge in [0, 0.05) is 32.6 Å². The van der Waals surface area contributed by atoms with Crippen molar-refractivity contribution in [2.24, 2.45) is 0 Å². The van der Waals surface area contributed by atoms with E-state index in [0.29, 0.717) is 39.0 Å². The number of benzene rings is 2. The molecule has 0 spiro atoms. The van der Waals surface area contributed by atoms with Gasteiger partial charge >= 0.3 is 0 Å². The third-order valence-corrected chi connectivity index (χ3v) is 7.49. The Morgan fingerprint density at radius 1 is 1.03 bits per heavy atom. The van der Waals surface area contributed by atoms with Crippen molar-refractivity contribution in [2.75, 3.05) is 33.3 Å². The second-order valence-electron chi connectivity index (χ2n) is 6.99. The Hall–Kier alpha value is -1.90. The minimum Gasteiger partial charge on any atom is -0.496 e. The largest absolute Gasteiger partial charge is 0.496 e. The third kappa shape index (κ3) is 5.81. The summed E-state index contributed by atoms with van der Waals surface area (Å²) < 4.78 is 32.8. The van der Waals surface area contributed by atoms with Crippen LogP contribution < -0.4 is 4.74 Å². The van der Waals surface area contributed by atoms with Crippen LogP contribution in [0.2, 0.25) is 0 Å². The highest BCUT2D eigenvalue weighted by atomic mass is 79.9. The summed E-state index contributed by atoms with van der Waals surface area (Å²) in [5.74, 6) is 0.804. The number of hydrogen-bond acceptors (Lipinski definition) is 4. The van der Waals surface area contributed by atoms with Gasteiger partial charge in [-0.2, -0.15) is 4.31 Å². The summed E-state index contributed by atoms with van der Waals surface area (Å²) in [4.78, 5) is 14.3. The average molecular weight is 481 g/mol. The van der Waals surface area contributed by atoms with Crippen molar-refractivity contribution >= 4 is 31.9 Å². The topological polar surface area (TPSA) is 66.9 Å². The lowest BCUT2D eigenvalue weighted by atomic mass is 10.1. The van der Waals surface area contributed by atoms with Gasteiger partial charge in [-0.15, -0.1) is 0 Å². The fraction of sp³-hybridized carbons (Fsp3) is 0.381. The third-order valence-electron chi connectivity index (χ3n) is 5.02. The molecule has 3 rings (SSSR count). The Bertz CT molecular complexity index is 942. The van der Waals surface area contributed by atoms with Gasteiger partial charge in [-0.25, -0.2) is 8.42 Å². The van der Waals surface area contributed by atoms with Crippen LogP contribution in [0.1, 0.15) is 17.5 Å². The fourth-order valence-electron chi connectivity index (χ4n) is 3.37. The predicted molar refractivity (Wildman–Crippen MR) is 116 cm³/mol. The number of hydrogen-bond donors (Lipinski definition) is 0. The molecule has 6 nitrogen and oxygen atoms in total. The quantitative estimate of drug-likeness (QED) is 0.610. The van der Waals surface area contributed by atoms with E-state index in [2.05, 4.69) is 15.9 Å². The van der Waals surface area contributed by atoms with E-state index in [-0.39, 0.29) is 11.7 Å². The number of rotatable bonds is 7. The highest BCUT2D eigenvalue weighted by Crippen LogP contribution is 2.26. The van der Waals surface area contributed by atoms with Gasteiger partial charge in [0.15, 0.2) is 0 Å². The summed E-state index contributed by atoms with van der Waals surface area (Å²) in [5.41, 5.74) is 1.83. The molecule has 2 aromatic carbocycles. The van der Waals surface area contributed by atoms with Crippen molar-refractivity contribution in [1.29, 1.82) is 0 Å². The maximum absolute atomic E-state index is 12.6. The van der Waals surface area contributed by atoms with Gasteiger partial charge in [-0.1, -0.05) is 36.4 Å². The Balaban J connectivity index is 1.49. The van der Waals surface area contributed by atoms with Crippen molar-refractivity contribution in [1.82, 2.24) is 9.21 Å². The molecular formula is C21H25BrN2O4S. The first kappa shape index (κ1) is 21.8. The SMILES string of the molecule is COc1ccc(CCC(=O)N2CCN(S(=O)(=O)Cc3ccccc3)CC2)cc1Br. The molecule has 1 heterocycles. The molecule has 1 aliphatic heterocycles. The molecule has 0 unspecified atom stereocenters. The lowest BCUT2D eigenvalue weighted by Gasteiger charge is -2.34. The maximum Gasteiger partial charge on any atom is 0.222 e.